The van der Waals surface area contributed by atoms with E-state index in [1.165, 1.54) is 10.6 Å². The Kier molecular flexibility index (Phi) is 2.90. The Morgan fingerprint density at radius 3 is 2.64 bits per heavy atom. The standard InChI is InChI=1S/C8H12ClNS/c1-4-5(2)7-6(3)11-8(9)10-7/h5H,4H2,1-3H3. The quantitative estimate of drug-likeness (QED) is 0.693. The van der Waals surface area contributed by atoms with Gasteiger partial charge < -0.3 is 0 Å². The van der Waals surface area contributed by atoms with Gasteiger partial charge in [0.1, 0.15) is 0 Å². The molecule has 11 heavy (non-hydrogen) atoms. The average Bonchev–Trinajstić information content (AvgIpc) is 2.28. The molecule has 1 aromatic rings. The highest BCUT2D eigenvalue weighted by Gasteiger charge is 2.11. The van der Waals surface area contributed by atoms with Gasteiger partial charge in [-0.15, -0.1) is 11.3 Å². The van der Waals surface area contributed by atoms with Crippen LogP contribution in [0.1, 0.15) is 36.8 Å². The Morgan fingerprint density at radius 2 is 2.27 bits per heavy atom. The smallest absolute Gasteiger partial charge is 0.184 e. The van der Waals surface area contributed by atoms with Crippen LogP contribution in [-0.2, 0) is 0 Å². The lowest BCUT2D eigenvalue weighted by atomic mass is 10.1. The maximum Gasteiger partial charge on any atom is 0.184 e. The summed E-state index contributed by atoms with van der Waals surface area (Å²) in [6.07, 6.45) is 1.13. The van der Waals surface area contributed by atoms with E-state index in [9.17, 15) is 0 Å². The molecule has 0 aliphatic heterocycles. The van der Waals surface area contributed by atoms with Crippen LogP contribution in [0.25, 0.3) is 0 Å². The lowest BCUT2D eigenvalue weighted by Gasteiger charge is -2.04. The number of rotatable bonds is 2. The van der Waals surface area contributed by atoms with E-state index in [2.05, 4.69) is 25.8 Å². The van der Waals surface area contributed by atoms with Crippen LogP contribution >= 0.6 is 22.9 Å². The zero-order chi connectivity index (χ0) is 8.43. The van der Waals surface area contributed by atoms with Crippen LogP contribution in [0.3, 0.4) is 0 Å². The Balaban J connectivity index is 2.93. The summed E-state index contributed by atoms with van der Waals surface area (Å²) in [4.78, 5) is 5.52. The largest absolute Gasteiger partial charge is 0.229 e. The van der Waals surface area contributed by atoms with Gasteiger partial charge in [0.05, 0.1) is 5.69 Å². The van der Waals surface area contributed by atoms with Crippen molar-refractivity contribution < 1.29 is 0 Å². The summed E-state index contributed by atoms with van der Waals surface area (Å²) < 4.78 is 0.665. The van der Waals surface area contributed by atoms with Gasteiger partial charge in [0.25, 0.3) is 0 Å². The molecule has 0 spiro atoms. The molecular weight excluding hydrogens is 178 g/mol. The summed E-state index contributed by atoms with van der Waals surface area (Å²) in [5, 5.41) is 0. The fourth-order valence-corrected chi connectivity index (χ4v) is 2.21. The van der Waals surface area contributed by atoms with Gasteiger partial charge in [0, 0.05) is 4.88 Å². The van der Waals surface area contributed by atoms with Crippen LogP contribution < -0.4 is 0 Å². The van der Waals surface area contributed by atoms with Gasteiger partial charge in [-0.2, -0.15) is 0 Å². The van der Waals surface area contributed by atoms with Crippen molar-refractivity contribution in [3.63, 3.8) is 0 Å². The zero-order valence-electron chi connectivity index (χ0n) is 7.02. The summed E-state index contributed by atoms with van der Waals surface area (Å²) in [5.74, 6) is 0.541. The second-order valence-corrected chi connectivity index (χ2v) is 4.50. The number of aromatic nitrogens is 1. The molecule has 1 rings (SSSR count). The Hall–Kier alpha value is -0.0800. The maximum absolute atomic E-state index is 5.77. The second-order valence-electron chi connectivity index (χ2n) is 2.72. The van der Waals surface area contributed by atoms with Crippen LogP contribution in [0.5, 0.6) is 0 Å². The molecule has 0 saturated heterocycles. The van der Waals surface area contributed by atoms with Crippen molar-refractivity contribution >= 4 is 22.9 Å². The van der Waals surface area contributed by atoms with Crippen molar-refractivity contribution in [3.8, 4) is 0 Å². The lowest BCUT2D eigenvalue weighted by molar-refractivity contribution is 0.709. The molecule has 0 aliphatic carbocycles. The molecule has 62 valence electrons. The molecule has 1 heterocycles. The fraction of sp³-hybridized carbons (Fsp3) is 0.625. The van der Waals surface area contributed by atoms with Crippen LogP contribution in [0.4, 0.5) is 0 Å². The SMILES string of the molecule is CCC(C)c1nc(Cl)sc1C. The number of thiazole rings is 1. The van der Waals surface area contributed by atoms with Gasteiger partial charge in [-0.3, -0.25) is 0 Å². The summed E-state index contributed by atoms with van der Waals surface area (Å²) in [7, 11) is 0. The molecule has 0 bridgehead atoms. The van der Waals surface area contributed by atoms with Crippen molar-refractivity contribution in [2.45, 2.75) is 33.1 Å². The number of nitrogens with zero attached hydrogens (tertiary/aromatic N) is 1. The number of aryl methyl sites for hydroxylation is 1. The molecule has 0 aliphatic rings. The predicted octanol–water partition coefficient (Wildman–Crippen LogP) is 3.62. The van der Waals surface area contributed by atoms with Gasteiger partial charge in [0.2, 0.25) is 0 Å². The number of hydrogen-bond donors (Lipinski definition) is 0. The minimum atomic E-state index is 0.541. The monoisotopic (exact) mass is 189 g/mol. The minimum Gasteiger partial charge on any atom is -0.229 e. The van der Waals surface area contributed by atoms with E-state index in [-0.39, 0.29) is 0 Å². The third kappa shape index (κ3) is 1.94. The van der Waals surface area contributed by atoms with E-state index in [0.29, 0.717) is 10.4 Å². The first-order valence-electron chi connectivity index (χ1n) is 3.78. The topological polar surface area (TPSA) is 12.9 Å². The molecule has 1 atom stereocenters. The number of hydrogen-bond acceptors (Lipinski definition) is 2. The molecule has 3 heteroatoms. The first kappa shape index (κ1) is 9.01. The van der Waals surface area contributed by atoms with E-state index >= 15 is 0 Å². The van der Waals surface area contributed by atoms with Crippen molar-refractivity contribution in [2.75, 3.05) is 0 Å². The molecule has 0 saturated carbocycles. The first-order chi connectivity index (χ1) is 5.15. The highest BCUT2D eigenvalue weighted by Crippen LogP contribution is 2.28. The highest BCUT2D eigenvalue weighted by atomic mass is 35.5. The van der Waals surface area contributed by atoms with Gasteiger partial charge in [0.15, 0.2) is 4.47 Å². The van der Waals surface area contributed by atoms with Crippen molar-refractivity contribution in [2.24, 2.45) is 0 Å². The summed E-state index contributed by atoms with van der Waals surface area (Å²) in [6.45, 7) is 6.42. The van der Waals surface area contributed by atoms with E-state index in [4.69, 9.17) is 11.6 Å². The van der Waals surface area contributed by atoms with Crippen LogP contribution in [0.15, 0.2) is 0 Å². The Labute approximate surface area is 76.4 Å². The van der Waals surface area contributed by atoms with E-state index in [0.717, 1.165) is 6.42 Å². The molecule has 1 aromatic heterocycles. The van der Waals surface area contributed by atoms with Crippen molar-refractivity contribution in [3.05, 3.63) is 15.0 Å². The van der Waals surface area contributed by atoms with Crippen molar-refractivity contribution in [1.29, 1.82) is 0 Å². The van der Waals surface area contributed by atoms with E-state index < -0.39 is 0 Å². The maximum atomic E-state index is 5.77. The highest BCUT2D eigenvalue weighted by molar-refractivity contribution is 7.15. The second kappa shape index (κ2) is 3.55. The van der Waals surface area contributed by atoms with Gasteiger partial charge >= 0.3 is 0 Å². The molecular formula is C8H12ClNS. The summed E-state index contributed by atoms with van der Waals surface area (Å²) in [5.41, 5.74) is 1.17. The third-order valence-electron chi connectivity index (χ3n) is 1.89. The van der Waals surface area contributed by atoms with E-state index in [1.807, 2.05) is 0 Å². The Bertz CT molecular complexity index is 244. The normalized spacial score (nSPS) is 13.5. The Morgan fingerprint density at radius 1 is 1.64 bits per heavy atom. The van der Waals surface area contributed by atoms with Crippen LogP contribution in [0.2, 0.25) is 4.47 Å². The summed E-state index contributed by atoms with van der Waals surface area (Å²) in [6, 6.07) is 0. The number of halogens is 1. The minimum absolute atomic E-state index is 0.541. The molecule has 0 aromatic carbocycles. The molecule has 0 fully saturated rings. The van der Waals surface area contributed by atoms with Gasteiger partial charge in [-0.05, 0) is 19.3 Å². The lowest BCUT2D eigenvalue weighted by Crippen LogP contribution is -1.92. The van der Waals surface area contributed by atoms with Crippen LogP contribution in [-0.4, -0.2) is 4.98 Å². The molecule has 0 N–H and O–H groups in total. The average molecular weight is 190 g/mol. The summed E-state index contributed by atoms with van der Waals surface area (Å²) >= 11 is 7.34. The zero-order valence-corrected chi connectivity index (χ0v) is 8.59. The van der Waals surface area contributed by atoms with Crippen LogP contribution in [0, 0.1) is 6.92 Å². The fourth-order valence-electron chi connectivity index (χ4n) is 1.03. The molecule has 1 unspecified atom stereocenters. The molecule has 1 nitrogen and oxygen atoms in total. The third-order valence-corrected chi connectivity index (χ3v) is 2.98. The van der Waals surface area contributed by atoms with Gasteiger partial charge in [-0.1, -0.05) is 25.4 Å². The molecule has 0 radical (unpaired) electrons. The molecule has 0 amide bonds. The predicted molar refractivity (Wildman–Crippen MR) is 50.6 cm³/mol. The van der Waals surface area contributed by atoms with Gasteiger partial charge in [-0.25, -0.2) is 4.98 Å². The van der Waals surface area contributed by atoms with E-state index in [1.54, 1.807) is 11.3 Å². The first-order valence-corrected chi connectivity index (χ1v) is 4.97. The van der Waals surface area contributed by atoms with Crippen molar-refractivity contribution in [1.82, 2.24) is 4.98 Å².